The third kappa shape index (κ3) is 3.61. The van der Waals surface area contributed by atoms with Crippen molar-refractivity contribution >= 4 is 17.6 Å². The number of hydrogen-bond donors (Lipinski definition) is 1. The molecule has 1 N–H and O–H groups in total. The molecule has 6 heteroatoms. The minimum Gasteiger partial charge on any atom is -0.462 e. The Morgan fingerprint density at radius 3 is 2.77 bits per heavy atom. The number of hydrogen-bond acceptors (Lipinski definition) is 4. The van der Waals surface area contributed by atoms with E-state index in [4.69, 9.17) is 16.3 Å². The van der Waals surface area contributed by atoms with Crippen molar-refractivity contribution in [1.29, 1.82) is 5.26 Å². The number of halogens is 2. The molecule has 0 aromatic heterocycles. The minimum absolute atomic E-state index is 0.181. The zero-order valence-electron chi connectivity index (χ0n) is 14.7. The lowest BCUT2D eigenvalue weighted by Gasteiger charge is -2.30. The molecular weight excluding hydrogens is 355 g/mol. The number of dihydropyridines is 1. The van der Waals surface area contributed by atoms with Gasteiger partial charge in [-0.2, -0.15) is 5.26 Å². The number of rotatable bonds is 5. The van der Waals surface area contributed by atoms with Crippen molar-refractivity contribution in [2.45, 2.75) is 39.0 Å². The predicted molar refractivity (Wildman–Crippen MR) is 96.6 cm³/mol. The molecule has 2 aliphatic rings. The maximum Gasteiger partial charge on any atom is 0.336 e. The Hall–Kier alpha value is -2.32. The number of ether oxygens (including phenoxy) is 1. The fourth-order valence-corrected chi connectivity index (χ4v) is 3.44. The number of nitrogens with one attached hydrogen (secondary N) is 1. The first-order valence-electron chi connectivity index (χ1n) is 8.69. The predicted octanol–water partition coefficient (Wildman–Crippen LogP) is 4.58. The minimum atomic E-state index is -0.670. The SMILES string of the molecule is CCC1=C(C(=O)OCC2CC2)C(c2ccc(F)cc2Cl)C(C#N)=C(C)N1. The fourth-order valence-electron chi connectivity index (χ4n) is 3.17. The van der Waals surface area contributed by atoms with Gasteiger partial charge >= 0.3 is 5.97 Å². The van der Waals surface area contributed by atoms with Crippen LogP contribution < -0.4 is 5.32 Å². The van der Waals surface area contributed by atoms with Crippen molar-refractivity contribution < 1.29 is 13.9 Å². The summed E-state index contributed by atoms with van der Waals surface area (Å²) in [6.45, 7) is 4.09. The standard InChI is InChI=1S/C20H20ClFN2O2/c1-3-17-19(20(25)26-10-12-4-5-12)18(15(9-23)11(2)24-17)14-7-6-13(22)8-16(14)21/h6-8,12,18,24H,3-5,10H2,1-2H3. The van der Waals surface area contributed by atoms with Gasteiger partial charge in [-0.3, -0.25) is 0 Å². The van der Waals surface area contributed by atoms with Crippen LogP contribution in [0.25, 0.3) is 0 Å². The Morgan fingerprint density at radius 2 is 2.19 bits per heavy atom. The Balaban J connectivity index is 2.08. The lowest BCUT2D eigenvalue weighted by molar-refractivity contribution is -0.139. The van der Waals surface area contributed by atoms with Crippen molar-refractivity contribution in [2.75, 3.05) is 6.61 Å². The quantitative estimate of drug-likeness (QED) is 0.766. The molecule has 1 aliphatic heterocycles. The maximum atomic E-state index is 13.5. The molecule has 0 saturated heterocycles. The molecule has 26 heavy (non-hydrogen) atoms. The van der Waals surface area contributed by atoms with Crippen molar-refractivity contribution in [3.05, 3.63) is 57.1 Å². The van der Waals surface area contributed by atoms with Crippen LogP contribution in [0.5, 0.6) is 0 Å². The molecule has 1 saturated carbocycles. The molecule has 4 nitrogen and oxygen atoms in total. The lowest BCUT2D eigenvalue weighted by atomic mass is 9.80. The normalized spacial score (nSPS) is 19.9. The molecule has 0 radical (unpaired) electrons. The number of allylic oxidation sites excluding steroid dienone is 3. The molecule has 1 aromatic carbocycles. The van der Waals surface area contributed by atoms with E-state index in [1.54, 1.807) is 6.92 Å². The van der Waals surface area contributed by atoms with Crippen LogP contribution >= 0.6 is 11.6 Å². The van der Waals surface area contributed by atoms with Crippen LogP contribution in [-0.2, 0) is 9.53 Å². The number of nitrogens with zero attached hydrogens (tertiary/aromatic N) is 1. The van der Waals surface area contributed by atoms with Gasteiger partial charge in [0.15, 0.2) is 0 Å². The van der Waals surface area contributed by atoms with Crippen molar-refractivity contribution in [1.82, 2.24) is 5.32 Å². The van der Waals surface area contributed by atoms with E-state index in [1.165, 1.54) is 18.2 Å². The average molecular weight is 375 g/mol. The van der Waals surface area contributed by atoms with E-state index >= 15 is 0 Å². The molecule has 1 aliphatic carbocycles. The number of nitriles is 1. The smallest absolute Gasteiger partial charge is 0.336 e. The van der Waals surface area contributed by atoms with E-state index in [0.29, 0.717) is 47.0 Å². The van der Waals surface area contributed by atoms with Gasteiger partial charge in [-0.15, -0.1) is 0 Å². The molecule has 0 amide bonds. The van der Waals surface area contributed by atoms with E-state index < -0.39 is 17.7 Å². The number of carbonyl (C=O) groups excluding carboxylic acids is 1. The van der Waals surface area contributed by atoms with Crippen LogP contribution in [0.4, 0.5) is 4.39 Å². The van der Waals surface area contributed by atoms with Crippen molar-refractivity contribution in [3.8, 4) is 6.07 Å². The van der Waals surface area contributed by atoms with Gasteiger partial charge in [0.2, 0.25) is 0 Å². The molecule has 0 spiro atoms. The Morgan fingerprint density at radius 1 is 1.46 bits per heavy atom. The van der Waals surface area contributed by atoms with Crippen LogP contribution in [-0.4, -0.2) is 12.6 Å². The topological polar surface area (TPSA) is 62.1 Å². The van der Waals surface area contributed by atoms with E-state index in [2.05, 4.69) is 11.4 Å². The molecule has 3 rings (SSSR count). The second kappa shape index (κ2) is 7.51. The first-order valence-corrected chi connectivity index (χ1v) is 9.07. The van der Waals surface area contributed by atoms with Gasteiger partial charge in [0.25, 0.3) is 0 Å². The van der Waals surface area contributed by atoms with Crippen molar-refractivity contribution in [3.63, 3.8) is 0 Å². The highest BCUT2D eigenvalue weighted by Gasteiger charge is 2.36. The second-order valence-corrected chi connectivity index (χ2v) is 7.07. The Bertz CT molecular complexity index is 850. The second-order valence-electron chi connectivity index (χ2n) is 6.66. The lowest BCUT2D eigenvalue weighted by Crippen LogP contribution is -2.30. The van der Waals surface area contributed by atoms with Crippen molar-refractivity contribution in [2.24, 2.45) is 5.92 Å². The number of benzene rings is 1. The zero-order valence-corrected chi connectivity index (χ0v) is 15.5. The zero-order chi connectivity index (χ0) is 18.8. The van der Waals surface area contributed by atoms with Crippen LogP contribution in [0.2, 0.25) is 5.02 Å². The summed E-state index contributed by atoms with van der Waals surface area (Å²) in [4.78, 5) is 12.9. The Kier molecular flexibility index (Phi) is 5.33. The van der Waals surface area contributed by atoms with Gasteiger partial charge in [0.1, 0.15) is 5.82 Å². The highest BCUT2D eigenvalue weighted by Crippen LogP contribution is 2.42. The molecule has 136 valence electrons. The third-order valence-electron chi connectivity index (χ3n) is 4.76. The maximum absolute atomic E-state index is 13.5. The number of carbonyl (C=O) groups is 1. The summed E-state index contributed by atoms with van der Waals surface area (Å²) in [5, 5.41) is 13.0. The molecular formula is C20H20ClFN2O2. The Labute approximate surface area is 157 Å². The molecule has 0 bridgehead atoms. The van der Waals surface area contributed by atoms with Gasteiger partial charge in [-0.25, -0.2) is 9.18 Å². The highest BCUT2D eigenvalue weighted by atomic mass is 35.5. The molecule has 1 fully saturated rings. The fraction of sp³-hybridized carbons (Fsp3) is 0.400. The van der Waals surface area contributed by atoms with E-state index in [1.807, 2.05) is 6.92 Å². The van der Waals surface area contributed by atoms with Gasteiger partial charge < -0.3 is 10.1 Å². The summed E-state index contributed by atoms with van der Waals surface area (Å²) in [6.07, 6.45) is 2.71. The van der Waals surface area contributed by atoms with Gasteiger partial charge in [0, 0.05) is 16.4 Å². The summed E-state index contributed by atoms with van der Waals surface area (Å²) >= 11 is 6.26. The van der Waals surface area contributed by atoms with Gasteiger partial charge in [-0.05, 0) is 49.8 Å². The van der Waals surface area contributed by atoms with E-state index in [0.717, 1.165) is 12.8 Å². The summed E-state index contributed by atoms with van der Waals surface area (Å²) in [6, 6.07) is 6.18. The van der Waals surface area contributed by atoms with E-state index in [-0.39, 0.29) is 5.02 Å². The van der Waals surface area contributed by atoms with Crippen LogP contribution in [0, 0.1) is 23.1 Å². The highest BCUT2D eigenvalue weighted by molar-refractivity contribution is 6.31. The van der Waals surface area contributed by atoms with Crippen LogP contribution in [0.3, 0.4) is 0 Å². The summed E-state index contributed by atoms with van der Waals surface area (Å²) in [5.74, 6) is -1.16. The molecule has 1 aromatic rings. The molecule has 1 unspecified atom stereocenters. The van der Waals surface area contributed by atoms with Crippen LogP contribution in [0.15, 0.2) is 40.7 Å². The summed E-state index contributed by atoms with van der Waals surface area (Å²) < 4.78 is 19.0. The monoisotopic (exact) mass is 374 g/mol. The summed E-state index contributed by atoms with van der Waals surface area (Å²) in [5.41, 5.74) is 2.65. The van der Waals surface area contributed by atoms with Crippen LogP contribution in [0.1, 0.15) is 44.6 Å². The van der Waals surface area contributed by atoms with E-state index in [9.17, 15) is 14.4 Å². The average Bonchev–Trinajstić information content (AvgIpc) is 3.43. The third-order valence-corrected chi connectivity index (χ3v) is 5.09. The largest absolute Gasteiger partial charge is 0.462 e. The molecule has 1 heterocycles. The first-order chi connectivity index (χ1) is 12.5. The van der Waals surface area contributed by atoms with Gasteiger partial charge in [-0.1, -0.05) is 24.6 Å². The summed E-state index contributed by atoms with van der Waals surface area (Å²) in [7, 11) is 0. The molecule has 1 atom stereocenters. The first kappa shape index (κ1) is 18.5. The van der Waals surface area contributed by atoms with Gasteiger partial charge in [0.05, 0.1) is 29.7 Å². The number of esters is 1.